The predicted molar refractivity (Wildman–Crippen MR) is 122 cm³/mol. The first kappa shape index (κ1) is 22.6. The number of anilines is 2. The molecule has 1 unspecified atom stereocenters. The Morgan fingerprint density at radius 1 is 0.875 bits per heavy atom. The molecule has 0 aliphatic rings. The SMILES string of the molecule is CCOC(=O)Nc1cccc(C(=O)OC(C)C(=O)Nc2ccccc2-c2ccccc2)c1. The minimum absolute atomic E-state index is 0.198. The highest BCUT2D eigenvalue weighted by molar-refractivity contribution is 6.00. The lowest BCUT2D eigenvalue weighted by molar-refractivity contribution is -0.123. The smallest absolute Gasteiger partial charge is 0.411 e. The summed E-state index contributed by atoms with van der Waals surface area (Å²) in [6.07, 6.45) is -1.66. The average Bonchev–Trinajstić information content (AvgIpc) is 2.80. The van der Waals surface area contributed by atoms with E-state index in [1.165, 1.54) is 19.1 Å². The van der Waals surface area contributed by atoms with Crippen molar-refractivity contribution in [3.63, 3.8) is 0 Å². The number of benzene rings is 3. The van der Waals surface area contributed by atoms with Gasteiger partial charge < -0.3 is 14.8 Å². The first-order chi connectivity index (χ1) is 15.5. The van der Waals surface area contributed by atoms with E-state index in [1.807, 2.05) is 48.5 Å². The first-order valence-electron chi connectivity index (χ1n) is 10.2. The van der Waals surface area contributed by atoms with Crippen LogP contribution < -0.4 is 10.6 Å². The van der Waals surface area contributed by atoms with Crippen molar-refractivity contribution in [3.05, 3.63) is 84.4 Å². The fourth-order valence-electron chi connectivity index (χ4n) is 2.99. The monoisotopic (exact) mass is 432 g/mol. The molecule has 3 rings (SSSR count). The molecule has 0 fully saturated rings. The maximum absolute atomic E-state index is 12.7. The van der Waals surface area contributed by atoms with Crippen molar-refractivity contribution in [2.75, 3.05) is 17.2 Å². The maximum Gasteiger partial charge on any atom is 0.411 e. The summed E-state index contributed by atoms with van der Waals surface area (Å²) in [6, 6.07) is 23.3. The van der Waals surface area contributed by atoms with Crippen LogP contribution in [0, 0.1) is 0 Å². The second-order valence-corrected chi connectivity index (χ2v) is 6.87. The van der Waals surface area contributed by atoms with Crippen LogP contribution in [-0.2, 0) is 14.3 Å². The molecule has 0 heterocycles. The Kier molecular flexibility index (Phi) is 7.59. The lowest BCUT2D eigenvalue weighted by Crippen LogP contribution is -2.30. The zero-order valence-corrected chi connectivity index (χ0v) is 17.8. The molecule has 0 aliphatic heterocycles. The zero-order chi connectivity index (χ0) is 22.9. The normalized spacial score (nSPS) is 11.2. The number of rotatable bonds is 7. The van der Waals surface area contributed by atoms with Gasteiger partial charge in [-0.1, -0.05) is 54.6 Å². The summed E-state index contributed by atoms with van der Waals surface area (Å²) in [5, 5.41) is 5.35. The van der Waals surface area contributed by atoms with E-state index in [0.717, 1.165) is 11.1 Å². The molecule has 0 saturated carbocycles. The van der Waals surface area contributed by atoms with E-state index in [0.29, 0.717) is 11.4 Å². The van der Waals surface area contributed by atoms with E-state index < -0.39 is 24.1 Å². The van der Waals surface area contributed by atoms with Gasteiger partial charge in [-0.25, -0.2) is 9.59 Å². The highest BCUT2D eigenvalue weighted by Gasteiger charge is 2.20. The number of hydrogen-bond donors (Lipinski definition) is 2. The van der Waals surface area contributed by atoms with Gasteiger partial charge in [0.25, 0.3) is 5.91 Å². The van der Waals surface area contributed by atoms with Crippen LogP contribution in [0.5, 0.6) is 0 Å². The fourth-order valence-corrected chi connectivity index (χ4v) is 2.99. The summed E-state index contributed by atoms with van der Waals surface area (Å²) in [4.78, 5) is 36.8. The van der Waals surface area contributed by atoms with E-state index in [9.17, 15) is 14.4 Å². The highest BCUT2D eigenvalue weighted by atomic mass is 16.6. The highest BCUT2D eigenvalue weighted by Crippen LogP contribution is 2.27. The van der Waals surface area contributed by atoms with Crippen LogP contribution in [0.25, 0.3) is 11.1 Å². The number of hydrogen-bond acceptors (Lipinski definition) is 5. The molecule has 3 aromatic rings. The first-order valence-corrected chi connectivity index (χ1v) is 10.2. The van der Waals surface area contributed by atoms with Crippen molar-refractivity contribution in [2.45, 2.75) is 20.0 Å². The van der Waals surface area contributed by atoms with E-state index >= 15 is 0 Å². The lowest BCUT2D eigenvalue weighted by atomic mass is 10.0. The molecule has 0 spiro atoms. The van der Waals surface area contributed by atoms with Gasteiger partial charge in [0.15, 0.2) is 6.10 Å². The Bertz CT molecular complexity index is 1100. The lowest BCUT2D eigenvalue weighted by Gasteiger charge is -2.16. The van der Waals surface area contributed by atoms with E-state index in [4.69, 9.17) is 9.47 Å². The molecule has 0 saturated heterocycles. The molecule has 1 atom stereocenters. The second kappa shape index (κ2) is 10.8. The number of para-hydroxylation sites is 1. The summed E-state index contributed by atoms with van der Waals surface area (Å²) < 4.78 is 10.1. The molecule has 7 heteroatoms. The molecule has 0 radical (unpaired) electrons. The number of carbonyl (C=O) groups is 3. The van der Waals surface area contributed by atoms with Crippen LogP contribution in [0.3, 0.4) is 0 Å². The Morgan fingerprint density at radius 2 is 1.59 bits per heavy atom. The Hall–Kier alpha value is -4.13. The standard InChI is InChI=1S/C25H24N2O5/c1-3-31-25(30)26-20-13-9-12-19(16-20)24(29)32-17(2)23(28)27-22-15-8-7-14-21(22)18-10-5-4-6-11-18/h4-17H,3H2,1-2H3,(H,26,30)(H,27,28). The molecule has 164 valence electrons. The number of carbonyl (C=O) groups excluding carboxylic acids is 3. The van der Waals surface area contributed by atoms with Gasteiger partial charge in [0.05, 0.1) is 12.2 Å². The number of amides is 2. The topological polar surface area (TPSA) is 93.7 Å². The molecule has 3 aromatic carbocycles. The molecule has 32 heavy (non-hydrogen) atoms. The minimum atomic E-state index is -1.03. The van der Waals surface area contributed by atoms with Crippen LogP contribution in [0.15, 0.2) is 78.9 Å². The third-order valence-electron chi connectivity index (χ3n) is 4.54. The molecule has 7 nitrogen and oxygen atoms in total. The summed E-state index contributed by atoms with van der Waals surface area (Å²) in [7, 11) is 0. The largest absolute Gasteiger partial charge is 0.450 e. The third kappa shape index (κ3) is 5.95. The van der Waals surface area contributed by atoms with Gasteiger partial charge in [-0.15, -0.1) is 0 Å². The Morgan fingerprint density at radius 3 is 2.34 bits per heavy atom. The van der Waals surface area contributed by atoms with Crippen LogP contribution in [0.1, 0.15) is 24.2 Å². The van der Waals surface area contributed by atoms with Crippen LogP contribution in [-0.4, -0.2) is 30.7 Å². The van der Waals surface area contributed by atoms with E-state index in [-0.39, 0.29) is 12.2 Å². The van der Waals surface area contributed by atoms with Crippen molar-refractivity contribution in [2.24, 2.45) is 0 Å². The van der Waals surface area contributed by atoms with Crippen molar-refractivity contribution in [1.82, 2.24) is 0 Å². The summed E-state index contributed by atoms with van der Waals surface area (Å²) in [5.41, 5.74) is 3.01. The Labute approximate surface area is 186 Å². The van der Waals surface area contributed by atoms with Gasteiger partial charge in [0, 0.05) is 16.9 Å². The molecule has 0 aliphatic carbocycles. The maximum atomic E-state index is 12.7. The summed E-state index contributed by atoms with van der Waals surface area (Å²) in [5.74, 6) is -1.14. The van der Waals surface area contributed by atoms with Crippen molar-refractivity contribution >= 4 is 29.3 Å². The molecule has 2 amide bonds. The van der Waals surface area contributed by atoms with Gasteiger partial charge in [0.1, 0.15) is 0 Å². The number of nitrogens with one attached hydrogen (secondary N) is 2. The summed E-state index contributed by atoms with van der Waals surface area (Å²) in [6.45, 7) is 3.42. The van der Waals surface area contributed by atoms with Gasteiger partial charge in [0.2, 0.25) is 0 Å². The van der Waals surface area contributed by atoms with Gasteiger partial charge in [-0.05, 0) is 43.7 Å². The quantitative estimate of drug-likeness (QED) is 0.506. The van der Waals surface area contributed by atoms with Gasteiger partial charge >= 0.3 is 12.1 Å². The van der Waals surface area contributed by atoms with Gasteiger partial charge in [-0.3, -0.25) is 10.1 Å². The number of ether oxygens (including phenoxy) is 2. The van der Waals surface area contributed by atoms with Crippen LogP contribution >= 0.6 is 0 Å². The van der Waals surface area contributed by atoms with Crippen molar-refractivity contribution < 1.29 is 23.9 Å². The minimum Gasteiger partial charge on any atom is -0.450 e. The van der Waals surface area contributed by atoms with Crippen LogP contribution in [0.4, 0.5) is 16.2 Å². The predicted octanol–water partition coefficient (Wildman–Crippen LogP) is 5.11. The molecule has 0 aromatic heterocycles. The average molecular weight is 432 g/mol. The van der Waals surface area contributed by atoms with Gasteiger partial charge in [-0.2, -0.15) is 0 Å². The van der Waals surface area contributed by atoms with Crippen molar-refractivity contribution in [1.29, 1.82) is 0 Å². The third-order valence-corrected chi connectivity index (χ3v) is 4.54. The van der Waals surface area contributed by atoms with Crippen LogP contribution in [0.2, 0.25) is 0 Å². The molecular formula is C25H24N2O5. The summed E-state index contributed by atoms with van der Waals surface area (Å²) >= 11 is 0. The molecule has 0 bridgehead atoms. The second-order valence-electron chi connectivity index (χ2n) is 6.87. The molecular weight excluding hydrogens is 408 g/mol. The van der Waals surface area contributed by atoms with Crippen molar-refractivity contribution in [3.8, 4) is 11.1 Å². The Balaban J connectivity index is 1.66. The zero-order valence-electron chi connectivity index (χ0n) is 17.8. The van der Waals surface area contributed by atoms with E-state index in [2.05, 4.69) is 10.6 Å². The van der Waals surface area contributed by atoms with E-state index in [1.54, 1.807) is 25.1 Å². The number of esters is 1. The molecule has 2 N–H and O–H groups in total. The fraction of sp³-hybridized carbons (Fsp3) is 0.160.